The van der Waals surface area contributed by atoms with Crippen molar-refractivity contribution >= 4 is 8.25 Å². The summed E-state index contributed by atoms with van der Waals surface area (Å²) in [5.41, 5.74) is 1.74. The topological polar surface area (TPSA) is 55.8 Å². The number of rotatable bonds is 4. The van der Waals surface area contributed by atoms with Gasteiger partial charge in [-0.3, -0.25) is 4.89 Å². The van der Waals surface area contributed by atoms with Crippen molar-refractivity contribution in [2.75, 3.05) is 0 Å². The van der Waals surface area contributed by atoms with Gasteiger partial charge in [0, 0.05) is 10.1 Å². The molecule has 0 fully saturated rings. The molecule has 5 heteroatoms. The van der Waals surface area contributed by atoms with Gasteiger partial charge in [0.15, 0.2) is 5.75 Å². The Morgan fingerprint density at radius 1 is 0.941 bits per heavy atom. The van der Waals surface area contributed by atoms with Gasteiger partial charge in [0.25, 0.3) is 0 Å². The Morgan fingerprint density at radius 2 is 1.59 bits per heavy atom. The molecule has 0 spiro atoms. The second-order valence-corrected chi connectivity index (χ2v) is 3.88. The first-order valence-electron chi connectivity index (χ1n) is 4.92. The van der Waals surface area contributed by atoms with Gasteiger partial charge in [0.1, 0.15) is 4.67 Å². The van der Waals surface area contributed by atoms with Crippen LogP contribution >= 0.6 is 8.25 Å². The first-order chi connectivity index (χ1) is 8.27. The molecule has 2 aromatic carbocycles. The molecule has 0 aromatic heterocycles. The lowest BCUT2D eigenvalue weighted by atomic mass is 10.1. The van der Waals surface area contributed by atoms with Crippen LogP contribution in [0.4, 0.5) is 0 Å². The van der Waals surface area contributed by atoms with Gasteiger partial charge in [-0.25, -0.2) is 0 Å². The van der Waals surface area contributed by atoms with Gasteiger partial charge in [0.05, 0.1) is 0 Å². The molecule has 0 bridgehead atoms. The van der Waals surface area contributed by atoms with Crippen LogP contribution in [-0.4, -0.2) is 4.89 Å². The van der Waals surface area contributed by atoms with Crippen LogP contribution in [0.1, 0.15) is 0 Å². The van der Waals surface area contributed by atoms with E-state index in [1.807, 2.05) is 42.5 Å². The summed E-state index contributed by atoms with van der Waals surface area (Å²) < 4.78 is 14.7. The van der Waals surface area contributed by atoms with E-state index in [1.165, 1.54) is 0 Å². The SMILES string of the molecule is O=[P+](O)OOc1ccccc1-c1ccccc1. The lowest BCUT2D eigenvalue weighted by molar-refractivity contribution is -0.101. The Labute approximate surface area is 99.3 Å². The fourth-order valence-electron chi connectivity index (χ4n) is 1.47. The minimum Gasteiger partial charge on any atom is -0.290 e. The van der Waals surface area contributed by atoms with Crippen molar-refractivity contribution in [2.24, 2.45) is 0 Å². The largest absolute Gasteiger partial charge is 0.735 e. The van der Waals surface area contributed by atoms with Crippen LogP contribution in [0.3, 0.4) is 0 Å². The van der Waals surface area contributed by atoms with Crippen molar-refractivity contribution in [1.29, 1.82) is 0 Å². The highest BCUT2D eigenvalue weighted by molar-refractivity contribution is 7.31. The molecule has 0 saturated heterocycles. The molecule has 17 heavy (non-hydrogen) atoms. The predicted molar refractivity (Wildman–Crippen MR) is 63.4 cm³/mol. The van der Waals surface area contributed by atoms with E-state index >= 15 is 0 Å². The lowest BCUT2D eigenvalue weighted by Gasteiger charge is -2.05. The Morgan fingerprint density at radius 3 is 2.29 bits per heavy atom. The molecule has 86 valence electrons. The van der Waals surface area contributed by atoms with Crippen molar-refractivity contribution in [3.63, 3.8) is 0 Å². The Bertz CT molecular complexity index is 513. The summed E-state index contributed by atoms with van der Waals surface area (Å²) in [6, 6.07) is 16.7. The van der Waals surface area contributed by atoms with Crippen LogP contribution < -0.4 is 4.89 Å². The first kappa shape index (κ1) is 11.7. The van der Waals surface area contributed by atoms with Crippen molar-refractivity contribution < 1.29 is 19.0 Å². The fraction of sp³-hybridized carbons (Fsp3) is 0. The molecule has 2 aromatic rings. The average molecular weight is 249 g/mol. The van der Waals surface area contributed by atoms with Crippen LogP contribution in [0.15, 0.2) is 54.6 Å². The van der Waals surface area contributed by atoms with Crippen molar-refractivity contribution in [1.82, 2.24) is 0 Å². The Kier molecular flexibility index (Phi) is 3.83. The molecule has 0 aliphatic carbocycles. The summed E-state index contributed by atoms with van der Waals surface area (Å²) in [6.07, 6.45) is 0. The Hall–Kier alpha value is -1.74. The maximum Gasteiger partial charge on any atom is 0.735 e. The van der Waals surface area contributed by atoms with Crippen LogP contribution in [0.5, 0.6) is 5.75 Å². The second-order valence-electron chi connectivity index (χ2n) is 3.26. The predicted octanol–water partition coefficient (Wildman–Crippen LogP) is 3.31. The number of benzene rings is 2. The standard InChI is InChI=1S/C12H9O4P/c13-17(14)16-15-12-9-5-4-8-11(12)10-6-2-1-3-7-10/h1-9H/p+1. The van der Waals surface area contributed by atoms with E-state index in [-0.39, 0.29) is 0 Å². The summed E-state index contributed by atoms with van der Waals surface area (Å²) in [6.45, 7) is 0. The first-order valence-corrected chi connectivity index (χ1v) is 6.05. The quantitative estimate of drug-likeness (QED) is 0.513. The number of para-hydroxylation sites is 1. The van der Waals surface area contributed by atoms with Crippen LogP contribution in [0.2, 0.25) is 0 Å². The number of hydrogen-bond acceptors (Lipinski definition) is 3. The minimum absolute atomic E-state index is 0.399. The molecule has 0 aliphatic rings. The molecule has 0 radical (unpaired) electrons. The lowest BCUT2D eigenvalue weighted by Crippen LogP contribution is -1.91. The minimum atomic E-state index is -2.78. The smallest absolute Gasteiger partial charge is 0.290 e. The molecule has 2 rings (SSSR count). The molecular formula is C12H10O4P+. The Balaban J connectivity index is 2.31. The highest BCUT2D eigenvalue weighted by Crippen LogP contribution is 2.31. The third-order valence-electron chi connectivity index (χ3n) is 2.16. The van der Waals surface area contributed by atoms with Crippen LogP contribution in [0, 0.1) is 0 Å². The van der Waals surface area contributed by atoms with E-state index in [2.05, 4.69) is 4.67 Å². The molecular weight excluding hydrogens is 239 g/mol. The normalized spacial score (nSPS) is 11.0. The van der Waals surface area contributed by atoms with Crippen molar-refractivity contribution in [3.05, 3.63) is 54.6 Å². The zero-order valence-electron chi connectivity index (χ0n) is 8.82. The van der Waals surface area contributed by atoms with Gasteiger partial charge in [-0.05, 0) is 11.6 Å². The van der Waals surface area contributed by atoms with E-state index in [4.69, 9.17) is 9.78 Å². The van der Waals surface area contributed by atoms with E-state index in [0.717, 1.165) is 11.1 Å². The van der Waals surface area contributed by atoms with Crippen molar-refractivity contribution in [2.45, 2.75) is 0 Å². The van der Waals surface area contributed by atoms with Gasteiger partial charge in [0.2, 0.25) is 0 Å². The molecule has 0 heterocycles. The highest BCUT2D eigenvalue weighted by atomic mass is 31.1. The van der Waals surface area contributed by atoms with E-state index in [1.54, 1.807) is 12.1 Å². The number of hydrogen-bond donors (Lipinski definition) is 1. The van der Waals surface area contributed by atoms with Crippen molar-refractivity contribution in [3.8, 4) is 16.9 Å². The summed E-state index contributed by atoms with van der Waals surface area (Å²) in [5, 5.41) is 0. The zero-order chi connectivity index (χ0) is 12.1. The summed E-state index contributed by atoms with van der Waals surface area (Å²) >= 11 is 0. The summed E-state index contributed by atoms with van der Waals surface area (Å²) in [5.74, 6) is 0.399. The molecule has 0 aliphatic heterocycles. The molecule has 0 saturated carbocycles. The summed E-state index contributed by atoms with van der Waals surface area (Å²) in [4.78, 5) is 13.4. The van der Waals surface area contributed by atoms with E-state index < -0.39 is 8.25 Å². The van der Waals surface area contributed by atoms with Gasteiger partial charge < -0.3 is 0 Å². The fourth-order valence-corrected chi connectivity index (χ4v) is 1.61. The molecule has 1 unspecified atom stereocenters. The molecule has 1 N–H and O–H groups in total. The molecule has 0 amide bonds. The van der Waals surface area contributed by atoms with Crippen LogP contribution in [0.25, 0.3) is 11.1 Å². The van der Waals surface area contributed by atoms with Crippen LogP contribution in [-0.2, 0) is 9.24 Å². The molecule has 4 nitrogen and oxygen atoms in total. The monoisotopic (exact) mass is 249 g/mol. The van der Waals surface area contributed by atoms with E-state index in [9.17, 15) is 4.57 Å². The highest BCUT2D eigenvalue weighted by Gasteiger charge is 2.17. The third-order valence-corrected chi connectivity index (χ3v) is 2.36. The zero-order valence-corrected chi connectivity index (χ0v) is 9.71. The van der Waals surface area contributed by atoms with Gasteiger partial charge >= 0.3 is 8.25 Å². The second kappa shape index (κ2) is 5.55. The van der Waals surface area contributed by atoms with E-state index in [0.29, 0.717) is 5.75 Å². The summed E-state index contributed by atoms with van der Waals surface area (Å²) in [7, 11) is -2.78. The third kappa shape index (κ3) is 3.11. The molecule has 1 atom stereocenters. The van der Waals surface area contributed by atoms with Gasteiger partial charge in [-0.2, -0.15) is 0 Å². The maximum atomic E-state index is 10.4. The van der Waals surface area contributed by atoms with Gasteiger partial charge in [-0.1, -0.05) is 48.5 Å². The van der Waals surface area contributed by atoms with Gasteiger partial charge in [-0.15, -0.1) is 4.89 Å². The average Bonchev–Trinajstić information content (AvgIpc) is 2.38. The maximum absolute atomic E-state index is 10.4.